The molecule has 0 saturated carbocycles. The number of benzene rings is 2. The molecule has 18 heavy (non-hydrogen) atoms. The Morgan fingerprint density at radius 2 is 1.83 bits per heavy atom. The summed E-state index contributed by atoms with van der Waals surface area (Å²) in [5.41, 5.74) is 11.4. The van der Waals surface area contributed by atoms with Crippen LogP contribution in [0.2, 0.25) is 5.02 Å². The number of nitrogens with zero attached hydrogens (tertiary/aromatic N) is 3. The maximum Gasteiger partial charge on any atom is 0.0422 e. The monoisotopic (exact) mass is 257 g/mol. The van der Waals surface area contributed by atoms with Crippen molar-refractivity contribution < 1.29 is 0 Å². The van der Waals surface area contributed by atoms with Gasteiger partial charge in [-0.2, -0.15) is 0 Å². The van der Waals surface area contributed by atoms with Gasteiger partial charge >= 0.3 is 0 Å². The van der Waals surface area contributed by atoms with Crippen molar-refractivity contribution in [3.63, 3.8) is 0 Å². The van der Waals surface area contributed by atoms with Gasteiger partial charge in [-0.1, -0.05) is 53.1 Å². The zero-order valence-corrected chi connectivity index (χ0v) is 10.5. The van der Waals surface area contributed by atoms with Crippen molar-refractivity contribution in [2.75, 3.05) is 0 Å². The highest BCUT2D eigenvalue weighted by Gasteiger charge is 2.02. The predicted octanol–water partition coefficient (Wildman–Crippen LogP) is 5.07. The quantitative estimate of drug-likeness (QED) is 0.417. The van der Waals surface area contributed by atoms with Gasteiger partial charge in [-0.25, -0.2) is 0 Å². The van der Waals surface area contributed by atoms with Gasteiger partial charge in [-0.15, -0.1) is 0 Å². The normalized spacial score (nSPS) is 9.83. The van der Waals surface area contributed by atoms with Crippen molar-refractivity contribution in [3.05, 3.63) is 75.1 Å². The van der Waals surface area contributed by atoms with Crippen molar-refractivity contribution in [2.45, 2.75) is 12.8 Å². The van der Waals surface area contributed by atoms with E-state index in [1.54, 1.807) is 6.07 Å². The van der Waals surface area contributed by atoms with Crippen LogP contribution >= 0.6 is 11.6 Å². The Hall–Kier alpha value is -1.96. The van der Waals surface area contributed by atoms with Crippen LogP contribution in [0.4, 0.5) is 5.69 Å². The fraction of sp³-hybridized carbons (Fsp3) is 0.143. The molecule has 0 aliphatic heterocycles. The maximum absolute atomic E-state index is 8.54. The molecule has 0 radical (unpaired) electrons. The molecule has 90 valence electrons. The van der Waals surface area contributed by atoms with Gasteiger partial charge in [0.05, 0.1) is 0 Å². The van der Waals surface area contributed by atoms with Crippen LogP contribution in [0.15, 0.2) is 53.6 Å². The first-order valence-electron chi connectivity index (χ1n) is 5.67. The molecule has 0 atom stereocenters. The van der Waals surface area contributed by atoms with Crippen LogP contribution in [0.5, 0.6) is 0 Å². The Bertz CT molecular complexity index is 575. The average molecular weight is 258 g/mol. The van der Waals surface area contributed by atoms with Crippen LogP contribution in [-0.2, 0) is 12.8 Å². The minimum atomic E-state index is 0.584. The molecule has 0 aliphatic carbocycles. The van der Waals surface area contributed by atoms with Gasteiger partial charge in [-0.3, -0.25) is 0 Å². The topological polar surface area (TPSA) is 48.8 Å². The second kappa shape index (κ2) is 6.10. The number of rotatable bonds is 4. The maximum atomic E-state index is 8.54. The molecule has 0 spiro atoms. The summed E-state index contributed by atoms with van der Waals surface area (Å²) >= 11 is 5.89. The molecule has 0 heterocycles. The lowest BCUT2D eigenvalue weighted by Crippen LogP contribution is -1.91. The van der Waals surface area contributed by atoms with Crippen molar-refractivity contribution in [1.82, 2.24) is 0 Å². The lowest BCUT2D eigenvalue weighted by molar-refractivity contribution is 0.959. The number of aryl methyl sites for hydroxylation is 2. The lowest BCUT2D eigenvalue weighted by atomic mass is 10.0. The zero-order valence-electron chi connectivity index (χ0n) is 9.75. The van der Waals surface area contributed by atoms with Crippen LogP contribution in [0, 0.1) is 0 Å². The van der Waals surface area contributed by atoms with E-state index in [2.05, 4.69) is 22.2 Å². The van der Waals surface area contributed by atoms with E-state index in [0.29, 0.717) is 10.7 Å². The Labute approximate surface area is 111 Å². The fourth-order valence-corrected chi connectivity index (χ4v) is 1.98. The molecule has 0 amide bonds. The highest BCUT2D eigenvalue weighted by atomic mass is 35.5. The molecule has 2 rings (SSSR count). The molecule has 0 saturated heterocycles. The van der Waals surface area contributed by atoms with E-state index in [9.17, 15) is 0 Å². The number of azide groups is 1. The summed E-state index contributed by atoms with van der Waals surface area (Å²) in [6.45, 7) is 0. The molecule has 0 N–H and O–H groups in total. The first-order chi connectivity index (χ1) is 8.79. The Morgan fingerprint density at radius 3 is 2.56 bits per heavy atom. The molecule has 0 unspecified atom stereocenters. The third-order valence-corrected chi connectivity index (χ3v) is 2.96. The number of hydrogen-bond acceptors (Lipinski definition) is 1. The van der Waals surface area contributed by atoms with E-state index in [-0.39, 0.29) is 0 Å². The highest BCUT2D eigenvalue weighted by Crippen LogP contribution is 2.25. The van der Waals surface area contributed by atoms with Gasteiger partial charge in [0.15, 0.2) is 0 Å². The van der Waals surface area contributed by atoms with Crippen LogP contribution in [-0.4, -0.2) is 0 Å². The van der Waals surface area contributed by atoms with Gasteiger partial charge in [0, 0.05) is 15.6 Å². The summed E-state index contributed by atoms with van der Waals surface area (Å²) in [5.74, 6) is 0. The molecule has 3 nitrogen and oxygen atoms in total. The predicted molar refractivity (Wildman–Crippen MR) is 74.1 cm³/mol. The van der Waals surface area contributed by atoms with Gasteiger partial charge in [0.1, 0.15) is 0 Å². The van der Waals surface area contributed by atoms with E-state index in [4.69, 9.17) is 17.1 Å². The molecule has 0 bridgehead atoms. The third kappa shape index (κ3) is 3.27. The minimum Gasteiger partial charge on any atom is -0.0843 e. The van der Waals surface area contributed by atoms with Crippen molar-refractivity contribution >= 4 is 17.3 Å². The van der Waals surface area contributed by atoms with Crippen molar-refractivity contribution in [1.29, 1.82) is 0 Å². The Morgan fingerprint density at radius 1 is 1.06 bits per heavy atom. The Balaban J connectivity index is 2.16. The molecular weight excluding hydrogens is 246 g/mol. The first-order valence-corrected chi connectivity index (χ1v) is 6.05. The van der Waals surface area contributed by atoms with Crippen LogP contribution < -0.4 is 0 Å². The third-order valence-electron chi connectivity index (χ3n) is 2.73. The van der Waals surface area contributed by atoms with Crippen LogP contribution in [0.1, 0.15) is 11.1 Å². The smallest absolute Gasteiger partial charge is 0.0422 e. The highest BCUT2D eigenvalue weighted by molar-refractivity contribution is 6.30. The van der Waals surface area contributed by atoms with Crippen molar-refractivity contribution in [2.24, 2.45) is 5.11 Å². The Kier molecular flexibility index (Phi) is 4.24. The largest absolute Gasteiger partial charge is 0.0843 e. The molecule has 0 aliphatic rings. The van der Waals surface area contributed by atoms with Gasteiger partial charge in [-0.05, 0) is 41.6 Å². The second-order valence-electron chi connectivity index (χ2n) is 3.95. The molecular formula is C14H12ClN3. The zero-order chi connectivity index (χ0) is 12.8. The summed E-state index contributed by atoms with van der Waals surface area (Å²) in [5, 5.41) is 4.26. The molecule has 2 aromatic rings. The first kappa shape index (κ1) is 12.5. The van der Waals surface area contributed by atoms with Crippen LogP contribution in [0.25, 0.3) is 10.4 Å². The average Bonchev–Trinajstić information content (AvgIpc) is 2.39. The van der Waals surface area contributed by atoms with E-state index >= 15 is 0 Å². The van der Waals surface area contributed by atoms with E-state index in [1.165, 1.54) is 5.56 Å². The van der Waals surface area contributed by atoms with E-state index in [0.717, 1.165) is 18.4 Å². The van der Waals surface area contributed by atoms with E-state index in [1.807, 2.05) is 30.3 Å². The summed E-state index contributed by atoms with van der Waals surface area (Å²) in [7, 11) is 0. The molecule has 0 fully saturated rings. The standard InChI is InChI=1S/C14H12ClN3/c15-13-9-8-12(14(10-13)17-18-16)7-6-11-4-2-1-3-5-11/h1-5,8-10H,6-7H2. The summed E-state index contributed by atoms with van der Waals surface area (Å²) in [6.07, 6.45) is 1.74. The van der Waals surface area contributed by atoms with Gasteiger partial charge < -0.3 is 0 Å². The summed E-state index contributed by atoms with van der Waals surface area (Å²) in [6, 6.07) is 15.6. The lowest BCUT2D eigenvalue weighted by Gasteiger charge is -2.06. The number of halogens is 1. The van der Waals surface area contributed by atoms with E-state index < -0.39 is 0 Å². The van der Waals surface area contributed by atoms with Gasteiger partial charge in [0.2, 0.25) is 0 Å². The second-order valence-corrected chi connectivity index (χ2v) is 4.38. The molecule has 4 heteroatoms. The van der Waals surface area contributed by atoms with Crippen LogP contribution in [0.3, 0.4) is 0 Å². The van der Waals surface area contributed by atoms with Gasteiger partial charge in [0.25, 0.3) is 0 Å². The molecule has 2 aromatic carbocycles. The fourth-order valence-electron chi connectivity index (χ4n) is 1.81. The minimum absolute atomic E-state index is 0.584. The SMILES string of the molecule is [N-]=[N+]=Nc1cc(Cl)ccc1CCc1ccccc1. The summed E-state index contributed by atoms with van der Waals surface area (Å²) in [4.78, 5) is 2.83. The summed E-state index contributed by atoms with van der Waals surface area (Å²) < 4.78 is 0. The number of hydrogen-bond donors (Lipinski definition) is 0. The van der Waals surface area contributed by atoms with Crippen molar-refractivity contribution in [3.8, 4) is 0 Å². The molecule has 0 aromatic heterocycles.